The fourth-order valence-corrected chi connectivity index (χ4v) is 2.42. The second-order valence-electron chi connectivity index (χ2n) is 5.59. The minimum atomic E-state index is -0.842. The summed E-state index contributed by atoms with van der Waals surface area (Å²) in [6.07, 6.45) is 3.21. The number of phenolic OH excluding ortho intramolecular Hbond substituents is 1. The molecule has 1 heterocycles. The summed E-state index contributed by atoms with van der Waals surface area (Å²) in [5.41, 5.74) is -0.842. The van der Waals surface area contributed by atoms with Crippen molar-refractivity contribution in [3.05, 3.63) is 24.3 Å². The summed E-state index contributed by atoms with van der Waals surface area (Å²) in [5, 5.41) is 9.53. The van der Waals surface area contributed by atoms with Crippen molar-refractivity contribution in [3.8, 4) is 11.5 Å². The quantitative estimate of drug-likeness (QED) is 0.561. The summed E-state index contributed by atoms with van der Waals surface area (Å²) in [7, 11) is 0. The zero-order valence-corrected chi connectivity index (χ0v) is 13.2. The van der Waals surface area contributed by atoms with Crippen molar-refractivity contribution < 1.29 is 24.1 Å². The highest BCUT2D eigenvalue weighted by Crippen LogP contribution is 2.36. The van der Waals surface area contributed by atoms with Crippen molar-refractivity contribution in [1.82, 2.24) is 0 Å². The van der Waals surface area contributed by atoms with Gasteiger partial charge in [0.25, 0.3) is 0 Å². The lowest BCUT2D eigenvalue weighted by molar-refractivity contribution is -0.150. The molecule has 1 aromatic carbocycles. The number of carbonyl (C=O) groups is 1. The topological polar surface area (TPSA) is 68.3 Å². The van der Waals surface area contributed by atoms with Crippen molar-refractivity contribution in [2.24, 2.45) is 0 Å². The second-order valence-corrected chi connectivity index (χ2v) is 5.59. The van der Waals surface area contributed by atoms with Gasteiger partial charge in [0.1, 0.15) is 17.6 Å². The molecule has 1 aliphatic rings. The highest BCUT2D eigenvalue weighted by molar-refractivity contribution is 5.82. The summed E-state index contributed by atoms with van der Waals surface area (Å²) >= 11 is 0. The average molecular weight is 308 g/mol. The molecule has 1 saturated heterocycles. The summed E-state index contributed by atoms with van der Waals surface area (Å²) in [6.45, 7) is 4.63. The molecule has 1 aliphatic heterocycles. The van der Waals surface area contributed by atoms with E-state index in [0.29, 0.717) is 25.4 Å². The van der Waals surface area contributed by atoms with Gasteiger partial charge in [0.15, 0.2) is 5.60 Å². The van der Waals surface area contributed by atoms with Gasteiger partial charge in [-0.3, -0.25) is 0 Å². The Labute approximate surface area is 131 Å². The highest BCUT2D eigenvalue weighted by atomic mass is 16.6. The first-order valence-corrected chi connectivity index (χ1v) is 7.86. The van der Waals surface area contributed by atoms with Crippen molar-refractivity contribution in [2.75, 3.05) is 13.2 Å². The molecule has 2 rings (SSSR count). The van der Waals surface area contributed by atoms with Gasteiger partial charge >= 0.3 is 5.97 Å². The highest BCUT2D eigenvalue weighted by Gasteiger charge is 2.55. The van der Waals surface area contributed by atoms with Crippen LogP contribution in [0.5, 0.6) is 11.5 Å². The van der Waals surface area contributed by atoms with Crippen molar-refractivity contribution in [2.45, 2.75) is 51.2 Å². The van der Waals surface area contributed by atoms with E-state index in [2.05, 4.69) is 6.92 Å². The lowest BCUT2D eigenvalue weighted by atomic mass is 9.98. The molecular formula is C17H24O5. The van der Waals surface area contributed by atoms with Crippen LogP contribution in [0.3, 0.4) is 0 Å². The van der Waals surface area contributed by atoms with E-state index >= 15 is 0 Å². The molecule has 0 bridgehead atoms. The number of hydrogen-bond donors (Lipinski definition) is 1. The molecule has 5 heteroatoms. The Morgan fingerprint density at radius 1 is 1.45 bits per heavy atom. The molecule has 2 atom stereocenters. The monoisotopic (exact) mass is 308 g/mol. The largest absolute Gasteiger partial charge is 0.508 e. The van der Waals surface area contributed by atoms with Gasteiger partial charge in [-0.25, -0.2) is 4.79 Å². The minimum absolute atomic E-state index is 0.145. The summed E-state index contributed by atoms with van der Waals surface area (Å²) in [4.78, 5) is 12.0. The van der Waals surface area contributed by atoms with Gasteiger partial charge in [0, 0.05) is 12.5 Å². The Kier molecular flexibility index (Phi) is 5.66. The van der Waals surface area contributed by atoms with Crippen LogP contribution in [0, 0.1) is 0 Å². The van der Waals surface area contributed by atoms with Crippen LogP contribution in [0.2, 0.25) is 0 Å². The van der Waals surface area contributed by atoms with Gasteiger partial charge in [0.05, 0.1) is 13.2 Å². The fraction of sp³-hybridized carbons (Fsp3) is 0.588. The summed E-state index contributed by atoms with van der Waals surface area (Å²) in [5.74, 6) is 0.450. The number of rotatable bonds is 9. The zero-order chi connectivity index (χ0) is 16.0. The summed E-state index contributed by atoms with van der Waals surface area (Å²) in [6, 6.07) is 6.70. The third kappa shape index (κ3) is 4.37. The number of phenols is 1. The predicted octanol–water partition coefficient (Wildman–Crippen LogP) is 3.05. The third-order valence-corrected chi connectivity index (χ3v) is 3.70. The van der Waals surface area contributed by atoms with Crippen LogP contribution < -0.4 is 4.74 Å². The Morgan fingerprint density at radius 3 is 2.82 bits per heavy atom. The van der Waals surface area contributed by atoms with Crippen LogP contribution in [0.1, 0.15) is 39.5 Å². The van der Waals surface area contributed by atoms with E-state index in [-0.39, 0.29) is 17.8 Å². The number of carbonyl (C=O) groups excluding carboxylic acids is 1. The standard InChI is InChI=1S/C17H24O5/c1-3-5-8-15(22-14-9-6-7-13(18)10-14)11-17(12-21-17)16(19)20-4-2/h6-7,9-10,15,18H,3-5,8,11-12H2,1-2H3. The van der Waals surface area contributed by atoms with Gasteiger partial charge in [0.2, 0.25) is 0 Å². The van der Waals surface area contributed by atoms with Crippen molar-refractivity contribution in [1.29, 1.82) is 0 Å². The molecule has 5 nitrogen and oxygen atoms in total. The number of unbranched alkanes of at least 4 members (excludes halogenated alkanes) is 1. The molecule has 0 aromatic heterocycles. The van der Waals surface area contributed by atoms with Gasteiger partial charge in [-0.2, -0.15) is 0 Å². The van der Waals surface area contributed by atoms with E-state index in [1.54, 1.807) is 31.2 Å². The van der Waals surface area contributed by atoms with Gasteiger partial charge in [-0.05, 0) is 25.5 Å². The fourth-order valence-electron chi connectivity index (χ4n) is 2.42. The number of epoxide rings is 1. The van der Waals surface area contributed by atoms with E-state index in [1.807, 2.05) is 0 Å². The summed E-state index contributed by atoms with van der Waals surface area (Å²) < 4.78 is 16.4. The molecule has 122 valence electrons. The van der Waals surface area contributed by atoms with Crippen LogP contribution >= 0.6 is 0 Å². The predicted molar refractivity (Wildman–Crippen MR) is 82.0 cm³/mol. The first-order chi connectivity index (χ1) is 10.6. The minimum Gasteiger partial charge on any atom is -0.508 e. The Balaban J connectivity index is 2.01. The van der Waals surface area contributed by atoms with Crippen molar-refractivity contribution >= 4 is 5.97 Å². The number of esters is 1. The zero-order valence-electron chi connectivity index (χ0n) is 13.2. The number of benzene rings is 1. The van der Waals surface area contributed by atoms with E-state index in [4.69, 9.17) is 14.2 Å². The molecular weight excluding hydrogens is 284 g/mol. The number of ether oxygens (including phenoxy) is 3. The van der Waals surface area contributed by atoms with Gasteiger partial charge < -0.3 is 19.3 Å². The van der Waals surface area contributed by atoms with Gasteiger partial charge in [-0.1, -0.05) is 25.8 Å². The Bertz CT molecular complexity index is 496. The van der Waals surface area contributed by atoms with E-state index < -0.39 is 5.60 Å². The molecule has 1 N–H and O–H groups in total. The third-order valence-electron chi connectivity index (χ3n) is 3.70. The van der Waals surface area contributed by atoms with E-state index in [1.165, 1.54) is 0 Å². The van der Waals surface area contributed by atoms with Crippen LogP contribution in [0.25, 0.3) is 0 Å². The lowest BCUT2D eigenvalue weighted by Crippen LogP contribution is -2.34. The average Bonchev–Trinajstić information content (AvgIpc) is 3.26. The maximum absolute atomic E-state index is 12.0. The molecule has 0 saturated carbocycles. The molecule has 2 unspecified atom stereocenters. The molecule has 0 radical (unpaired) electrons. The van der Waals surface area contributed by atoms with Crippen LogP contribution in [-0.4, -0.2) is 36.0 Å². The number of aromatic hydroxyl groups is 1. The molecule has 22 heavy (non-hydrogen) atoms. The van der Waals surface area contributed by atoms with E-state index in [9.17, 15) is 9.90 Å². The van der Waals surface area contributed by atoms with Crippen LogP contribution in [0.15, 0.2) is 24.3 Å². The lowest BCUT2D eigenvalue weighted by Gasteiger charge is -2.22. The molecule has 0 aliphatic carbocycles. The van der Waals surface area contributed by atoms with Crippen LogP contribution in [-0.2, 0) is 14.3 Å². The molecule has 0 amide bonds. The Morgan fingerprint density at radius 2 is 2.23 bits per heavy atom. The van der Waals surface area contributed by atoms with Crippen molar-refractivity contribution in [3.63, 3.8) is 0 Å². The van der Waals surface area contributed by atoms with E-state index in [0.717, 1.165) is 19.3 Å². The Hall–Kier alpha value is -1.75. The molecule has 1 aromatic rings. The second kappa shape index (κ2) is 7.49. The maximum Gasteiger partial charge on any atom is 0.340 e. The smallest absolute Gasteiger partial charge is 0.340 e. The van der Waals surface area contributed by atoms with Gasteiger partial charge in [-0.15, -0.1) is 0 Å². The normalized spacial score (nSPS) is 21.2. The first kappa shape index (κ1) is 16.6. The SMILES string of the molecule is CCCCC(CC1(C(=O)OCC)CO1)Oc1cccc(O)c1. The molecule has 1 fully saturated rings. The number of hydrogen-bond acceptors (Lipinski definition) is 5. The first-order valence-electron chi connectivity index (χ1n) is 7.86. The molecule has 0 spiro atoms. The van der Waals surface area contributed by atoms with Crippen LogP contribution in [0.4, 0.5) is 0 Å². The maximum atomic E-state index is 12.0.